The van der Waals surface area contributed by atoms with Crippen molar-refractivity contribution in [2.24, 2.45) is 5.92 Å². The van der Waals surface area contributed by atoms with E-state index in [9.17, 15) is 5.11 Å². The molecule has 94 valence electrons. The van der Waals surface area contributed by atoms with Crippen LogP contribution in [0.4, 0.5) is 0 Å². The lowest BCUT2D eigenvalue weighted by atomic mass is 9.83. The zero-order chi connectivity index (χ0) is 12.3. The molecular formula is C14H19BrO2. The third kappa shape index (κ3) is 3.54. The fraction of sp³-hybridized carbons (Fsp3) is 0.571. The number of aliphatic hydroxyl groups is 1. The van der Waals surface area contributed by atoms with Crippen LogP contribution in [-0.4, -0.2) is 18.3 Å². The summed E-state index contributed by atoms with van der Waals surface area (Å²) in [6, 6.07) is 7.94. The monoisotopic (exact) mass is 298 g/mol. The van der Waals surface area contributed by atoms with Gasteiger partial charge in [0, 0.05) is 17.7 Å². The van der Waals surface area contributed by atoms with Crippen molar-refractivity contribution >= 4 is 15.9 Å². The predicted molar refractivity (Wildman–Crippen MR) is 71.9 cm³/mol. The van der Waals surface area contributed by atoms with Crippen molar-refractivity contribution in [3.05, 3.63) is 34.3 Å². The van der Waals surface area contributed by atoms with Gasteiger partial charge in [0.1, 0.15) is 0 Å². The molecule has 0 aromatic heterocycles. The van der Waals surface area contributed by atoms with Gasteiger partial charge in [-0.15, -0.1) is 0 Å². The first-order chi connectivity index (χ1) is 8.08. The van der Waals surface area contributed by atoms with Crippen LogP contribution in [0.5, 0.6) is 0 Å². The molecule has 0 bridgehead atoms. The van der Waals surface area contributed by atoms with Crippen LogP contribution in [0.15, 0.2) is 28.7 Å². The Bertz CT molecular complexity index is 370. The second-order valence-electron chi connectivity index (χ2n) is 5.04. The number of halogens is 1. The van der Waals surface area contributed by atoms with Crippen LogP contribution in [0.25, 0.3) is 0 Å². The molecular weight excluding hydrogens is 280 g/mol. The van der Waals surface area contributed by atoms with Crippen LogP contribution < -0.4 is 0 Å². The van der Waals surface area contributed by atoms with E-state index in [1.165, 1.54) is 0 Å². The first-order valence-corrected chi connectivity index (χ1v) is 6.93. The van der Waals surface area contributed by atoms with Crippen LogP contribution >= 0.6 is 15.9 Å². The number of rotatable bonds is 3. The van der Waals surface area contributed by atoms with E-state index in [1.54, 1.807) is 0 Å². The highest BCUT2D eigenvalue weighted by Gasteiger charge is 2.28. The molecule has 0 spiro atoms. The Labute approximate surface area is 111 Å². The molecule has 0 saturated carbocycles. The van der Waals surface area contributed by atoms with Gasteiger partial charge >= 0.3 is 0 Å². The molecule has 1 aliphatic heterocycles. The zero-order valence-corrected chi connectivity index (χ0v) is 11.7. The van der Waals surface area contributed by atoms with Gasteiger partial charge in [-0.05, 0) is 49.8 Å². The molecule has 1 fully saturated rings. The highest BCUT2D eigenvalue weighted by atomic mass is 79.9. The van der Waals surface area contributed by atoms with Crippen molar-refractivity contribution < 1.29 is 9.84 Å². The molecule has 1 aromatic carbocycles. The Balaban J connectivity index is 2.06. The largest absolute Gasteiger partial charge is 0.385 e. The summed E-state index contributed by atoms with van der Waals surface area (Å²) in [6.45, 7) is 3.57. The fourth-order valence-corrected chi connectivity index (χ4v) is 2.85. The van der Waals surface area contributed by atoms with Gasteiger partial charge < -0.3 is 9.84 Å². The van der Waals surface area contributed by atoms with E-state index < -0.39 is 5.60 Å². The Morgan fingerprint density at radius 1 is 1.41 bits per heavy atom. The number of hydrogen-bond donors (Lipinski definition) is 1. The number of benzene rings is 1. The fourth-order valence-electron chi connectivity index (χ4n) is 2.45. The van der Waals surface area contributed by atoms with Crippen molar-refractivity contribution in [3.8, 4) is 0 Å². The second kappa shape index (κ2) is 5.51. The second-order valence-corrected chi connectivity index (χ2v) is 5.96. The van der Waals surface area contributed by atoms with E-state index in [-0.39, 0.29) is 0 Å². The molecule has 1 aromatic rings. The van der Waals surface area contributed by atoms with Crippen LogP contribution in [0.3, 0.4) is 0 Å². The highest BCUT2D eigenvalue weighted by molar-refractivity contribution is 9.10. The van der Waals surface area contributed by atoms with Gasteiger partial charge in [-0.2, -0.15) is 0 Å². The van der Waals surface area contributed by atoms with E-state index in [4.69, 9.17) is 4.74 Å². The minimum Gasteiger partial charge on any atom is -0.385 e. The average Bonchev–Trinajstić information content (AvgIpc) is 2.30. The van der Waals surface area contributed by atoms with E-state index in [0.717, 1.165) is 42.5 Å². The van der Waals surface area contributed by atoms with E-state index in [0.29, 0.717) is 5.92 Å². The van der Waals surface area contributed by atoms with Crippen LogP contribution in [0.1, 0.15) is 31.7 Å². The normalized spacial score (nSPS) is 21.1. The minimum absolute atomic E-state index is 0.567. The third-order valence-corrected chi connectivity index (χ3v) is 3.97. The van der Waals surface area contributed by atoms with E-state index in [2.05, 4.69) is 15.9 Å². The lowest BCUT2D eigenvalue weighted by Crippen LogP contribution is -2.28. The summed E-state index contributed by atoms with van der Waals surface area (Å²) in [7, 11) is 0. The molecule has 1 atom stereocenters. The first kappa shape index (κ1) is 13.1. The molecule has 2 rings (SSSR count). The van der Waals surface area contributed by atoms with Gasteiger partial charge in [0.05, 0.1) is 5.60 Å². The van der Waals surface area contributed by atoms with Crippen molar-refractivity contribution in [3.63, 3.8) is 0 Å². The van der Waals surface area contributed by atoms with Crippen molar-refractivity contribution in [2.45, 2.75) is 31.8 Å². The van der Waals surface area contributed by atoms with Gasteiger partial charge in [-0.3, -0.25) is 0 Å². The number of ether oxygens (including phenoxy) is 1. The Kier molecular flexibility index (Phi) is 4.23. The maximum atomic E-state index is 10.6. The summed E-state index contributed by atoms with van der Waals surface area (Å²) in [4.78, 5) is 0. The first-order valence-electron chi connectivity index (χ1n) is 6.14. The topological polar surface area (TPSA) is 29.5 Å². The molecule has 17 heavy (non-hydrogen) atoms. The SMILES string of the molecule is CC(O)(CC1CCOCC1)c1cccc(Br)c1. The maximum absolute atomic E-state index is 10.6. The van der Waals surface area contributed by atoms with Gasteiger partial charge in [-0.25, -0.2) is 0 Å². The van der Waals surface area contributed by atoms with E-state index in [1.807, 2.05) is 31.2 Å². The standard InChI is InChI=1S/C14H19BrO2/c1-14(16,10-11-5-7-17-8-6-11)12-3-2-4-13(15)9-12/h2-4,9,11,16H,5-8,10H2,1H3. The summed E-state index contributed by atoms with van der Waals surface area (Å²) in [5.74, 6) is 0.567. The molecule has 1 heterocycles. The van der Waals surface area contributed by atoms with Gasteiger partial charge in [-0.1, -0.05) is 28.1 Å². The molecule has 1 aliphatic rings. The van der Waals surface area contributed by atoms with Gasteiger partial charge in [0.15, 0.2) is 0 Å². The van der Waals surface area contributed by atoms with Crippen LogP contribution in [0.2, 0.25) is 0 Å². The Hall–Kier alpha value is -0.380. The Morgan fingerprint density at radius 2 is 2.12 bits per heavy atom. The third-order valence-electron chi connectivity index (χ3n) is 3.47. The minimum atomic E-state index is -0.744. The molecule has 0 radical (unpaired) electrons. The van der Waals surface area contributed by atoms with Crippen LogP contribution in [-0.2, 0) is 10.3 Å². The quantitative estimate of drug-likeness (QED) is 0.926. The smallest absolute Gasteiger partial charge is 0.0871 e. The van der Waals surface area contributed by atoms with Crippen LogP contribution in [0, 0.1) is 5.92 Å². The van der Waals surface area contributed by atoms with Crippen molar-refractivity contribution in [1.82, 2.24) is 0 Å². The summed E-state index contributed by atoms with van der Waals surface area (Å²) in [5.41, 5.74) is 0.240. The summed E-state index contributed by atoms with van der Waals surface area (Å²) >= 11 is 3.45. The summed E-state index contributed by atoms with van der Waals surface area (Å²) in [5, 5.41) is 10.6. The zero-order valence-electron chi connectivity index (χ0n) is 10.2. The predicted octanol–water partition coefficient (Wildman–Crippen LogP) is 3.47. The molecule has 1 N–H and O–H groups in total. The van der Waals surface area contributed by atoms with Crippen molar-refractivity contribution in [1.29, 1.82) is 0 Å². The average molecular weight is 299 g/mol. The highest BCUT2D eigenvalue weighted by Crippen LogP contribution is 2.33. The van der Waals surface area contributed by atoms with Crippen molar-refractivity contribution in [2.75, 3.05) is 13.2 Å². The summed E-state index contributed by atoms with van der Waals surface area (Å²) < 4.78 is 6.37. The van der Waals surface area contributed by atoms with E-state index >= 15 is 0 Å². The molecule has 2 nitrogen and oxygen atoms in total. The Morgan fingerprint density at radius 3 is 2.76 bits per heavy atom. The molecule has 0 aliphatic carbocycles. The number of hydrogen-bond acceptors (Lipinski definition) is 2. The molecule has 0 amide bonds. The molecule has 3 heteroatoms. The molecule has 1 saturated heterocycles. The lowest BCUT2D eigenvalue weighted by molar-refractivity contribution is -0.00307. The van der Waals surface area contributed by atoms with Gasteiger partial charge in [0.2, 0.25) is 0 Å². The van der Waals surface area contributed by atoms with Gasteiger partial charge in [0.25, 0.3) is 0 Å². The maximum Gasteiger partial charge on any atom is 0.0871 e. The lowest BCUT2D eigenvalue weighted by Gasteiger charge is -2.31. The molecule has 1 unspecified atom stereocenters. The summed E-state index contributed by atoms with van der Waals surface area (Å²) in [6.07, 6.45) is 2.93.